The quantitative estimate of drug-likeness (QED) is 0.462. The van der Waals surface area contributed by atoms with Crippen LogP contribution in [0.4, 0.5) is 0 Å². The molecular weight excluding hydrogens is 315 g/mol. The van der Waals surface area contributed by atoms with Crippen molar-refractivity contribution in [1.29, 1.82) is 0 Å². The predicted octanol–water partition coefficient (Wildman–Crippen LogP) is 1.51. The second-order valence-electron chi connectivity index (χ2n) is 1.38. The Morgan fingerprint density at radius 2 is 1.20 bits per heavy atom. The Labute approximate surface area is 108 Å². The van der Waals surface area contributed by atoms with Crippen molar-refractivity contribution in [2.24, 2.45) is 0 Å². The Hall–Kier alpha value is 0.530. The second kappa shape index (κ2) is 62.4. The highest BCUT2D eigenvalue weighted by Gasteiger charge is 1.63. The van der Waals surface area contributed by atoms with E-state index < -0.39 is 0 Å². The van der Waals surface area contributed by atoms with Crippen LogP contribution >= 0.6 is 22.6 Å². The van der Waals surface area contributed by atoms with Gasteiger partial charge in [0, 0.05) is 28.4 Å². The molecule has 0 radical (unpaired) electrons. The van der Waals surface area contributed by atoms with E-state index in [9.17, 15) is 0 Å². The molecule has 6 heteroatoms. The molecule has 2 N–H and O–H groups in total. The number of hydrogen-bond acceptors (Lipinski definition) is 5. The maximum absolute atomic E-state index is 7.65. The lowest BCUT2D eigenvalue weighted by Crippen LogP contribution is -1.87. The van der Waals surface area contributed by atoms with Gasteiger partial charge in [0.15, 0.2) is 0 Å². The van der Waals surface area contributed by atoms with Gasteiger partial charge < -0.3 is 24.4 Å². The fourth-order valence-electron chi connectivity index (χ4n) is 0.118. The molecule has 0 fully saturated rings. The molecule has 0 aliphatic rings. The second-order valence-corrected chi connectivity index (χ2v) is 2.91. The molecule has 0 aromatic rings. The zero-order chi connectivity index (χ0) is 12.2. The molecule has 0 heterocycles. The van der Waals surface area contributed by atoms with Crippen molar-refractivity contribution in [3.05, 3.63) is 0 Å². The van der Waals surface area contributed by atoms with Gasteiger partial charge in [-0.15, -0.1) is 0 Å². The molecule has 0 aliphatic carbocycles. The summed E-state index contributed by atoms with van der Waals surface area (Å²) < 4.78 is 14.3. The van der Waals surface area contributed by atoms with Gasteiger partial charge in [0.25, 0.3) is 0 Å². The fraction of sp³-hybridized carbons (Fsp3) is 1.00. The van der Waals surface area contributed by atoms with Crippen molar-refractivity contribution >= 4 is 22.6 Å². The van der Waals surface area contributed by atoms with Crippen LogP contribution in [0.25, 0.3) is 0 Å². The zero-order valence-corrected chi connectivity index (χ0v) is 11.8. The molecule has 0 spiro atoms. The first-order valence-corrected chi connectivity index (χ1v) is 5.35. The van der Waals surface area contributed by atoms with Crippen LogP contribution in [0.2, 0.25) is 0 Å². The van der Waals surface area contributed by atoms with E-state index in [-0.39, 0.29) is 14.2 Å². The number of aliphatic hydroxyl groups is 2. The largest absolute Gasteiger partial charge is 0.400 e. The molecule has 0 rings (SSSR count). The highest BCUT2D eigenvalue weighted by molar-refractivity contribution is 14.1. The summed E-state index contributed by atoms with van der Waals surface area (Å²) in [6.45, 7) is 2.32. The Morgan fingerprint density at radius 1 is 1.00 bits per heavy atom. The van der Waals surface area contributed by atoms with Gasteiger partial charge in [-0.3, -0.25) is 0 Å². The van der Waals surface area contributed by atoms with E-state index in [1.165, 1.54) is 11.5 Å². The molecule has 15 heavy (non-hydrogen) atoms. The van der Waals surface area contributed by atoms with E-state index in [1.807, 2.05) is 0 Å². The average Bonchev–Trinajstić information content (AvgIpc) is 2.24. The van der Waals surface area contributed by atoms with Gasteiger partial charge in [-0.05, 0) is 4.43 Å². The van der Waals surface area contributed by atoms with Gasteiger partial charge in [-0.2, -0.15) is 0 Å². The summed E-state index contributed by atoms with van der Waals surface area (Å²) in [5.74, 6) is 0. The zero-order valence-electron chi connectivity index (χ0n) is 9.62. The molecule has 0 unspecified atom stereocenters. The molecule has 0 saturated heterocycles. The van der Waals surface area contributed by atoms with E-state index in [0.29, 0.717) is 6.79 Å². The summed E-state index contributed by atoms with van der Waals surface area (Å²) in [7, 11) is 5.60. The Morgan fingerprint density at radius 3 is 1.20 bits per heavy atom. The third-order valence-corrected chi connectivity index (χ3v) is 0.365. The lowest BCUT2D eigenvalue weighted by Gasteiger charge is -1.87. The van der Waals surface area contributed by atoms with Crippen LogP contribution in [0, 0.1) is 0 Å². The minimum Gasteiger partial charge on any atom is -0.400 e. The van der Waals surface area contributed by atoms with E-state index in [2.05, 4.69) is 43.7 Å². The summed E-state index contributed by atoms with van der Waals surface area (Å²) in [6, 6.07) is 0. The number of ether oxygens (including phenoxy) is 3. The number of alkyl halides is 1. The lowest BCUT2D eigenvalue weighted by atomic mass is 11.0. The van der Waals surface area contributed by atoms with Crippen LogP contribution in [0.3, 0.4) is 0 Å². The Kier molecular flexibility index (Phi) is 123. The van der Waals surface area contributed by atoms with Gasteiger partial charge in [0.1, 0.15) is 13.6 Å². The topological polar surface area (TPSA) is 68.2 Å². The van der Waals surface area contributed by atoms with Crippen molar-refractivity contribution in [3.63, 3.8) is 0 Å². The van der Waals surface area contributed by atoms with Gasteiger partial charge in [0.2, 0.25) is 0 Å². The third-order valence-electron chi connectivity index (χ3n) is 0.365. The first kappa shape index (κ1) is 29.6. The smallest absolute Gasteiger partial charge is 0.145 e. The average molecular weight is 342 g/mol. The van der Waals surface area contributed by atoms with Crippen LogP contribution < -0.4 is 0 Å². The van der Waals surface area contributed by atoms with Gasteiger partial charge in [-0.1, -0.05) is 36.9 Å². The van der Waals surface area contributed by atoms with Crippen LogP contribution in [0.15, 0.2) is 0 Å². The maximum atomic E-state index is 7.65. The van der Waals surface area contributed by atoms with Crippen LogP contribution in [0.5, 0.6) is 0 Å². The predicted molar refractivity (Wildman–Crippen MR) is 72.4 cm³/mol. The molecule has 0 aromatic heterocycles. The van der Waals surface area contributed by atoms with Gasteiger partial charge in [-0.25, -0.2) is 0 Å². The minimum absolute atomic E-state index is 0. The third kappa shape index (κ3) is 183. The normalized spacial score (nSPS) is 6.40. The molecule has 0 aliphatic heterocycles. The molecule has 5 nitrogen and oxygen atoms in total. The van der Waals surface area contributed by atoms with E-state index >= 15 is 0 Å². The monoisotopic (exact) mass is 342 g/mol. The number of halogens is 1. The van der Waals surface area contributed by atoms with Crippen molar-refractivity contribution in [3.8, 4) is 0 Å². The van der Waals surface area contributed by atoms with Crippen LogP contribution in [-0.4, -0.2) is 56.7 Å². The summed E-state index contributed by atoms with van der Waals surface area (Å²) in [5.41, 5.74) is 0. The van der Waals surface area contributed by atoms with Gasteiger partial charge in [0.05, 0.1) is 0 Å². The molecule has 0 bridgehead atoms. The number of hydrogen-bond donors (Lipinski definition) is 2. The molecule has 0 atom stereocenters. The highest BCUT2D eigenvalue weighted by atomic mass is 127. The molecule has 0 aromatic carbocycles. The first-order chi connectivity index (χ1) is 6.74. The number of rotatable bonds is 3. The number of methoxy groups -OCH3 is 3. The summed E-state index contributed by atoms with van der Waals surface area (Å²) >= 11 is 2.29. The molecular formula is C9H27IO5. The van der Waals surface area contributed by atoms with Gasteiger partial charge >= 0.3 is 0 Å². The summed E-state index contributed by atoms with van der Waals surface area (Å²) in [4.78, 5) is 0. The van der Waals surface area contributed by atoms with Crippen molar-refractivity contribution in [1.82, 2.24) is 0 Å². The van der Waals surface area contributed by atoms with Crippen LogP contribution in [0.1, 0.15) is 14.4 Å². The molecule has 0 amide bonds. The first-order valence-electron chi connectivity index (χ1n) is 3.83. The van der Waals surface area contributed by atoms with E-state index in [1.54, 1.807) is 14.2 Å². The standard InChI is InChI=1S/C3H8O2.C2H5I.C2H6O2.CH4O.CH4/c1-4-3-5-2;1-2-3;1-4-2-3;1-2;/h3H2,1-2H3;2H2,1H3;3H,2H2,1H3;2H,1H3;1H4. The highest BCUT2D eigenvalue weighted by Crippen LogP contribution is 1.69. The van der Waals surface area contributed by atoms with Crippen molar-refractivity contribution in [2.45, 2.75) is 14.4 Å². The minimum atomic E-state index is -0.181. The lowest BCUT2D eigenvalue weighted by molar-refractivity contribution is -0.00272. The van der Waals surface area contributed by atoms with Crippen LogP contribution in [-0.2, 0) is 14.2 Å². The summed E-state index contributed by atoms with van der Waals surface area (Å²) in [5, 5.41) is 14.7. The van der Waals surface area contributed by atoms with Crippen molar-refractivity contribution in [2.75, 3.05) is 46.5 Å². The Balaban J connectivity index is -0.0000000305. The van der Waals surface area contributed by atoms with E-state index in [4.69, 9.17) is 10.2 Å². The van der Waals surface area contributed by atoms with Crippen molar-refractivity contribution < 1.29 is 24.4 Å². The summed E-state index contributed by atoms with van der Waals surface area (Å²) in [6.07, 6.45) is 0. The fourth-order valence-corrected chi connectivity index (χ4v) is 0.118. The number of aliphatic hydroxyl groups excluding tert-OH is 2. The molecule has 100 valence electrons. The van der Waals surface area contributed by atoms with E-state index in [0.717, 1.165) is 7.11 Å². The molecule has 0 saturated carbocycles. The SMILES string of the molecule is C.CCI.CO.COCO.COCOC. The Bertz CT molecular complexity index is 45.5. The maximum Gasteiger partial charge on any atom is 0.145 e.